The molecule has 0 atom stereocenters. The summed E-state index contributed by atoms with van der Waals surface area (Å²) in [6.07, 6.45) is 0.543. The minimum Gasteiger partial charge on any atom is -0.495 e. The number of rotatable bonds is 3. The van der Waals surface area contributed by atoms with Crippen LogP contribution in [0.3, 0.4) is 0 Å². The largest absolute Gasteiger partial charge is 0.495 e. The average molecular weight is 242 g/mol. The van der Waals surface area contributed by atoms with Gasteiger partial charge in [-0.3, -0.25) is 4.79 Å². The monoisotopic (exact) mass is 242 g/mol. The molecule has 0 bridgehead atoms. The molecule has 0 spiro atoms. The quantitative estimate of drug-likeness (QED) is 0.644. The highest BCUT2D eigenvalue weighted by Gasteiger charge is 2.05. The number of nitriles is 1. The Balaban J connectivity index is 2.76. The second-order valence-electron chi connectivity index (χ2n) is 3.53. The highest BCUT2D eigenvalue weighted by atomic mass is 16.5. The Bertz CT molecular complexity index is 533. The van der Waals surface area contributed by atoms with Gasteiger partial charge in [-0.25, -0.2) is 0 Å². The van der Waals surface area contributed by atoms with Crippen molar-refractivity contribution in [1.82, 2.24) is 5.32 Å². The number of hydrogen-bond donors (Lipinski definition) is 1. The summed E-state index contributed by atoms with van der Waals surface area (Å²) in [6.45, 7) is 1.97. The van der Waals surface area contributed by atoms with Crippen LogP contribution in [0.5, 0.6) is 5.75 Å². The summed E-state index contributed by atoms with van der Waals surface area (Å²) < 4.78 is 5.09. The molecule has 0 saturated heterocycles. The molecule has 18 heavy (non-hydrogen) atoms. The first-order valence-corrected chi connectivity index (χ1v) is 5.49. The summed E-state index contributed by atoms with van der Waals surface area (Å²) in [7, 11) is 1.52. The van der Waals surface area contributed by atoms with Gasteiger partial charge in [0.2, 0.25) is 5.91 Å². The van der Waals surface area contributed by atoms with Crippen LogP contribution in [0.1, 0.15) is 24.5 Å². The first-order valence-electron chi connectivity index (χ1n) is 5.49. The summed E-state index contributed by atoms with van der Waals surface area (Å²) in [5.74, 6) is 6.27. The number of amides is 1. The van der Waals surface area contributed by atoms with E-state index in [-0.39, 0.29) is 5.91 Å². The lowest BCUT2D eigenvalue weighted by Gasteiger charge is -2.03. The molecule has 1 amide bonds. The predicted octanol–water partition coefficient (Wildman–Crippen LogP) is 1.44. The van der Waals surface area contributed by atoms with Crippen LogP contribution in [0.4, 0.5) is 0 Å². The number of methoxy groups -OCH3 is 1. The van der Waals surface area contributed by atoms with Gasteiger partial charge in [-0.1, -0.05) is 17.9 Å². The summed E-state index contributed by atoms with van der Waals surface area (Å²) in [5.41, 5.74) is 1.08. The summed E-state index contributed by atoms with van der Waals surface area (Å²) in [6, 6.07) is 7.36. The zero-order chi connectivity index (χ0) is 13.4. The molecule has 0 heterocycles. The van der Waals surface area contributed by atoms with Crippen LogP contribution in [0, 0.1) is 23.2 Å². The van der Waals surface area contributed by atoms with E-state index in [9.17, 15) is 4.79 Å². The van der Waals surface area contributed by atoms with Gasteiger partial charge in [0.25, 0.3) is 0 Å². The Labute approximate surface area is 107 Å². The van der Waals surface area contributed by atoms with Crippen LogP contribution in [0.25, 0.3) is 0 Å². The Kier molecular flexibility index (Phi) is 5.28. The van der Waals surface area contributed by atoms with Crippen molar-refractivity contribution in [2.45, 2.75) is 13.3 Å². The van der Waals surface area contributed by atoms with Gasteiger partial charge in [-0.2, -0.15) is 5.26 Å². The molecule has 0 fully saturated rings. The maximum atomic E-state index is 10.6. The van der Waals surface area contributed by atoms with E-state index in [0.29, 0.717) is 29.8 Å². The third-order valence-corrected chi connectivity index (χ3v) is 2.20. The molecule has 1 rings (SSSR count). The molecule has 0 radical (unpaired) electrons. The minimum atomic E-state index is -0.0732. The topological polar surface area (TPSA) is 62.1 Å². The van der Waals surface area contributed by atoms with Crippen molar-refractivity contribution in [1.29, 1.82) is 5.26 Å². The molecular formula is C14H14N2O2. The van der Waals surface area contributed by atoms with Crippen LogP contribution < -0.4 is 10.1 Å². The Morgan fingerprint density at radius 2 is 2.28 bits per heavy atom. The highest BCUT2D eigenvalue weighted by Crippen LogP contribution is 2.20. The fourth-order valence-electron chi connectivity index (χ4n) is 1.38. The summed E-state index contributed by atoms with van der Waals surface area (Å²) in [5, 5.41) is 11.7. The minimum absolute atomic E-state index is 0.0732. The van der Waals surface area contributed by atoms with Crippen LogP contribution >= 0.6 is 0 Å². The molecule has 0 aliphatic heterocycles. The van der Waals surface area contributed by atoms with Gasteiger partial charge in [-0.15, -0.1) is 0 Å². The maximum absolute atomic E-state index is 10.6. The maximum Gasteiger partial charge on any atom is 0.216 e. The first kappa shape index (κ1) is 13.6. The van der Waals surface area contributed by atoms with E-state index in [1.54, 1.807) is 18.2 Å². The molecule has 1 N–H and O–H groups in total. The fourth-order valence-corrected chi connectivity index (χ4v) is 1.38. The van der Waals surface area contributed by atoms with Crippen molar-refractivity contribution >= 4 is 5.91 Å². The van der Waals surface area contributed by atoms with Gasteiger partial charge in [0, 0.05) is 25.5 Å². The van der Waals surface area contributed by atoms with E-state index >= 15 is 0 Å². The lowest BCUT2D eigenvalue weighted by Crippen LogP contribution is -2.20. The third-order valence-electron chi connectivity index (χ3n) is 2.20. The van der Waals surface area contributed by atoms with Crippen molar-refractivity contribution in [2.75, 3.05) is 13.7 Å². The molecule has 4 heteroatoms. The van der Waals surface area contributed by atoms with E-state index in [1.807, 2.05) is 0 Å². The number of ether oxygens (including phenoxy) is 1. The van der Waals surface area contributed by atoms with Gasteiger partial charge in [0.05, 0.1) is 7.11 Å². The third kappa shape index (κ3) is 3.84. The second kappa shape index (κ2) is 6.98. The lowest BCUT2D eigenvalue weighted by molar-refractivity contribution is -0.118. The molecule has 92 valence electrons. The van der Waals surface area contributed by atoms with Crippen molar-refractivity contribution in [3.63, 3.8) is 0 Å². The van der Waals surface area contributed by atoms with Gasteiger partial charge in [0.1, 0.15) is 17.4 Å². The molecular weight excluding hydrogens is 228 g/mol. The molecule has 0 saturated carbocycles. The Morgan fingerprint density at radius 3 is 2.89 bits per heavy atom. The van der Waals surface area contributed by atoms with Crippen LogP contribution in [0.2, 0.25) is 0 Å². The zero-order valence-electron chi connectivity index (χ0n) is 10.4. The van der Waals surface area contributed by atoms with Gasteiger partial charge >= 0.3 is 0 Å². The molecule has 0 aromatic heterocycles. The van der Waals surface area contributed by atoms with E-state index in [0.717, 1.165) is 0 Å². The SMILES string of the molecule is COc1cccc(C#CCCNC(C)=O)c1C#N. The van der Waals surface area contributed by atoms with Crippen molar-refractivity contribution in [3.05, 3.63) is 29.3 Å². The standard InChI is InChI=1S/C14H14N2O2/c1-11(17)16-9-4-3-6-12-7-5-8-14(18-2)13(12)10-15/h5,7-8H,4,9H2,1-2H3,(H,16,17). The number of carbonyl (C=O) groups is 1. The molecule has 1 aromatic rings. The van der Waals surface area contributed by atoms with Crippen molar-refractivity contribution < 1.29 is 9.53 Å². The fraction of sp³-hybridized carbons (Fsp3) is 0.286. The smallest absolute Gasteiger partial charge is 0.216 e. The number of nitrogens with one attached hydrogen (secondary N) is 1. The molecule has 0 aliphatic carbocycles. The molecule has 1 aromatic carbocycles. The lowest BCUT2D eigenvalue weighted by atomic mass is 10.1. The van der Waals surface area contributed by atoms with E-state index < -0.39 is 0 Å². The second-order valence-corrected chi connectivity index (χ2v) is 3.53. The van der Waals surface area contributed by atoms with Crippen LogP contribution in [-0.4, -0.2) is 19.6 Å². The summed E-state index contributed by atoms with van der Waals surface area (Å²) in [4.78, 5) is 10.6. The van der Waals surface area contributed by atoms with Crippen molar-refractivity contribution in [3.8, 4) is 23.7 Å². The van der Waals surface area contributed by atoms with Crippen LogP contribution in [0.15, 0.2) is 18.2 Å². The van der Waals surface area contributed by atoms with Gasteiger partial charge in [-0.05, 0) is 12.1 Å². The number of nitrogens with zero attached hydrogens (tertiary/aromatic N) is 1. The van der Waals surface area contributed by atoms with Crippen LogP contribution in [-0.2, 0) is 4.79 Å². The number of benzene rings is 1. The Morgan fingerprint density at radius 1 is 1.50 bits per heavy atom. The first-order chi connectivity index (χ1) is 8.69. The van der Waals surface area contributed by atoms with E-state index in [1.165, 1.54) is 14.0 Å². The average Bonchev–Trinajstić information content (AvgIpc) is 2.37. The summed E-state index contributed by atoms with van der Waals surface area (Å²) >= 11 is 0. The van der Waals surface area contributed by atoms with Crippen molar-refractivity contribution in [2.24, 2.45) is 0 Å². The Hall–Kier alpha value is -2.46. The molecule has 0 unspecified atom stereocenters. The van der Waals surface area contributed by atoms with E-state index in [4.69, 9.17) is 10.00 Å². The predicted molar refractivity (Wildman–Crippen MR) is 67.9 cm³/mol. The highest BCUT2D eigenvalue weighted by molar-refractivity contribution is 5.72. The normalized spacial score (nSPS) is 8.72. The van der Waals surface area contributed by atoms with Gasteiger partial charge in [0.15, 0.2) is 0 Å². The molecule has 0 aliphatic rings. The molecule has 4 nitrogen and oxygen atoms in total. The number of hydrogen-bond acceptors (Lipinski definition) is 3. The number of carbonyl (C=O) groups excluding carboxylic acids is 1. The van der Waals surface area contributed by atoms with E-state index in [2.05, 4.69) is 23.2 Å². The van der Waals surface area contributed by atoms with Gasteiger partial charge < -0.3 is 10.1 Å². The zero-order valence-corrected chi connectivity index (χ0v) is 10.4.